The average Bonchev–Trinajstić information content (AvgIpc) is 2.52. The third kappa shape index (κ3) is 2.75. The number of hydrogen-bond acceptors (Lipinski definition) is 4. The van der Waals surface area contributed by atoms with E-state index in [-0.39, 0.29) is 19.5 Å². The Morgan fingerprint density at radius 3 is 2.64 bits per heavy atom. The highest BCUT2D eigenvalue weighted by molar-refractivity contribution is 4.59. The topological polar surface area (TPSA) is 58.9 Å². The minimum absolute atomic E-state index is 0.156. The van der Waals surface area contributed by atoms with E-state index in [2.05, 4.69) is 0 Å². The first kappa shape index (κ1) is 8.93. The van der Waals surface area contributed by atoms with Crippen LogP contribution in [0.15, 0.2) is 0 Å². The molecule has 0 aromatic carbocycles. The maximum Gasteiger partial charge on any atom is 0.158 e. The van der Waals surface area contributed by atoms with Crippen LogP contribution in [0.2, 0.25) is 0 Å². The molecule has 0 amide bonds. The molecule has 11 heavy (non-hydrogen) atoms. The van der Waals surface area contributed by atoms with Gasteiger partial charge in [0, 0.05) is 13.0 Å². The van der Waals surface area contributed by atoms with E-state index in [0.29, 0.717) is 6.61 Å². The van der Waals surface area contributed by atoms with Gasteiger partial charge in [-0.25, -0.2) is 0 Å². The Balaban J connectivity index is 2.16. The lowest BCUT2D eigenvalue weighted by molar-refractivity contribution is -0.163. The van der Waals surface area contributed by atoms with Crippen LogP contribution in [-0.2, 0) is 9.47 Å². The summed E-state index contributed by atoms with van der Waals surface area (Å²) in [5.41, 5.74) is 0. The number of ether oxygens (including phenoxy) is 2. The highest BCUT2D eigenvalue weighted by Crippen LogP contribution is 2.14. The first-order chi connectivity index (χ1) is 5.36. The molecule has 0 saturated carbocycles. The molecule has 1 saturated heterocycles. The quantitative estimate of drug-likeness (QED) is 0.584. The van der Waals surface area contributed by atoms with Crippen LogP contribution in [0.5, 0.6) is 0 Å². The molecule has 1 aliphatic heterocycles. The summed E-state index contributed by atoms with van der Waals surface area (Å²) in [6, 6.07) is 0. The van der Waals surface area contributed by atoms with Gasteiger partial charge >= 0.3 is 0 Å². The first-order valence-electron chi connectivity index (χ1n) is 3.85. The fraction of sp³-hybridized carbons (Fsp3) is 1.00. The Bertz CT molecular complexity index is 96.6. The third-order valence-electron chi connectivity index (χ3n) is 1.64. The Morgan fingerprint density at radius 1 is 1.45 bits per heavy atom. The average molecular weight is 162 g/mol. The second-order valence-electron chi connectivity index (χ2n) is 2.57. The van der Waals surface area contributed by atoms with E-state index >= 15 is 0 Å². The van der Waals surface area contributed by atoms with Gasteiger partial charge in [-0.3, -0.25) is 0 Å². The Kier molecular flexibility index (Phi) is 3.79. The van der Waals surface area contributed by atoms with Crippen LogP contribution in [0, 0.1) is 0 Å². The monoisotopic (exact) mass is 162 g/mol. The summed E-state index contributed by atoms with van der Waals surface area (Å²) in [5.74, 6) is 0. The molecule has 66 valence electrons. The SMILES string of the molecule is OCC(CO)OC1CCCO1. The van der Waals surface area contributed by atoms with Crippen LogP contribution in [0.3, 0.4) is 0 Å². The van der Waals surface area contributed by atoms with Crippen LogP contribution in [0.4, 0.5) is 0 Å². The van der Waals surface area contributed by atoms with Crippen LogP contribution < -0.4 is 0 Å². The predicted molar refractivity (Wildman–Crippen MR) is 38.0 cm³/mol. The molecule has 1 heterocycles. The fourth-order valence-electron chi connectivity index (χ4n) is 1.01. The zero-order valence-electron chi connectivity index (χ0n) is 6.40. The van der Waals surface area contributed by atoms with E-state index in [1.807, 2.05) is 0 Å². The summed E-state index contributed by atoms with van der Waals surface area (Å²) in [4.78, 5) is 0. The molecular weight excluding hydrogens is 148 g/mol. The number of aliphatic hydroxyl groups is 2. The second-order valence-corrected chi connectivity index (χ2v) is 2.57. The van der Waals surface area contributed by atoms with Crippen molar-refractivity contribution in [3.05, 3.63) is 0 Å². The minimum Gasteiger partial charge on any atom is -0.394 e. The van der Waals surface area contributed by atoms with Crippen molar-refractivity contribution in [3.8, 4) is 0 Å². The Hall–Kier alpha value is -0.160. The van der Waals surface area contributed by atoms with Crippen molar-refractivity contribution in [1.29, 1.82) is 0 Å². The molecule has 1 unspecified atom stereocenters. The van der Waals surface area contributed by atoms with Gasteiger partial charge in [-0.2, -0.15) is 0 Å². The highest BCUT2D eigenvalue weighted by atomic mass is 16.7. The Morgan fingerprint density at radius 2 is 2.18 bits per heavy atom. The van der Waals surface area contributed by atoms with Crippen LogP contribution in [-0.4, -0.2) is 42.4 Å². The van der Waals surface area contributed by atoms with Gasteiger partial charge < -0.3 is 19.7 Å². The summed E-state index contributed by atoms with van der Waals surface area (Å²) in [6.45, 7) is 0.404. The van der Waals surface area contributed by atoms with Gasteiger partial charge in [0.15, 0.2) is 6.29 Å². The molecule has 0 aliphatic carbocycles. The van der Waals surface area contributed by atoms with E-state index < -0.39 is 6.10 Å². The van der Waals surface area contributed by atoms with Gasteiger partial charge in [-0.05, 0) is 6.42 Å². The molecule has 1 rings (SSSR count). The lowest BCUT2D eigenvalue weighted by atomic mass is 10.3. The standard InChI is InChI=1S/C7H14O4/c8-4-6(5-9)11-7-2-1-3-10-7/h6-9H,1-5H2. The number of aliphatic hydroxyl groups excluding tert-OH is 2. The molecule has 4 nitrogen and oxygen atoms in total. The molecule has 0 radical (unpaired) electrons. The minimum atomic E-state index is -0.488. The van der Waals surface area contributed by atoms with Crippen molar-refractivity contribution in [3.63, 3.8) is 0 Å². The summed E-state index contributed by atoms with van der Waals surface area (Å²) in [6.07, 6.45) is 1.14. The maximum atomic E-state index is 8.65. The molecule has 4 heteroatoms. The summed E-state index contributed by atoms with van der Waals surface area (Å²) in [5, 5.41) is 17.3. The normalized spacial score (nSPS) is 24.8. The fourth-order valence-corrected chi connectivity index (χ4v) is 1.01. The molecule has 0 bridgehead atoms. The highest BCUT2D eigenvalue weighted by Gasteiger charge is 2.19. The molecule has 0 aromatic heterocycles. The van der Waals surface area contributed by atoms with Gasteiger partial charge in [-0.1, -0.05) is 0 Å². The van der Waals surface area contributed by atoms with Crippen molar-refractivity contribution in [1.82, 2.24) is 0 Å². The van der Waals surface area contributed by atoms with Crippen LogP contribution >= 0.6 is 0 Å². The number of rotatable bonds is 4. The predicted octanol–water partition coefficient (Wildman–Crippen LogP) is -0.507. The van der Waals surface area contributed by atoms with E-state index in [9.17, 15) is 0 Å². The van der Waals surface area contributed by atoms with E-state index in [0.717, 1.165) is 12.8 Å². The van der Waals surface area contributed by atoms with Gasteiger partial charge in [0.25, 0.3) is 0 Å². The van der Waals surface area contributed by atoms with Crippen molar-refractivity contribution in [2.45, 2.75) is 25.2 Å². The molecule has 2 N–H and O–H groups in total. The zero-order valence-corrected chi connectivity index (χ0v) is 6.40. The first-order valence-corrected chi connectivity index (χ1v) is 3.85. The van der Waals surface area contributed by atoms with Crippen molar-refractivity contribution < 1.29 is 19.7 Å². The molecule has 1 atom stereocenters. The van der Waals surface area contributed by atoms with Crippen molar-refractivity contribution >= 4 is 0 Å². The lowest BCUT2D eigenvalue weighted by Gasteiger charge is -2.17. The van der Waals surface area contributed by atoms with Crippen molar-refractivity contribution in [2.24, 2.45) is 0 Å². The van der Waals surface area contributed by atoms with Gasteiger partial charge in [0.2, 0.25) is 0 Å². The Labute approximate surface area is 65.7 Å². The van der Waals surface area contributed by atoms with E-state index in [1.54, 1.807) is 0 Å². The smallest absolute Gasteiger partial charge is 0.158 e. The summed E-state index contributed by atoms with van der Waals surface area (Å²) >= 11 is 0. The van der Waals surface area contributed by atoms with Gasteiger partial charge in [-0.15, -0.1) is 0 Å². The zero-order chi connectivity index (χ0) is 8.10. The molecule has 1 fully saturated rings. The molecule has 1 aliphatic rings. The maximum absolute atomic E-state index is 8.65. The van der Waals surface area contributed by atoms with Crippen molar-refractivity contribution in [2.75, 3.05) is 19.8 Å². The second kappa shape index (κ2) is 4.66. The molecule has 0 spiro atoms. The summed E-state index contributed by atoms with van der Waals surface area (Å²) < 4.78 is 10.3. The molecule has 0 aromatic rings. The van der Waals surface area contributed by atoms with Crippen LogP contribution in [0.25, 0.3) is 0 Å². The largest absolute Gasteiger partial charge is 0.394 e. The molecular formula is C7H14O4. The van der Waals surface area contributed by atoms with E-state index in [4.69, 9.17) is 19.7 Å². The van der Waals surface area contributed by atoms with Crippen LogP contribution in [0.1, 0.15) is 12.8 Å². The third-order valence-corrected chi connectivity index (χ3v) is 1.64. The van der Waals surface area contributed by atoms with Gasteiger partial charge in [0.1, 0.15) is 6.10 Å². The number of hydrogen-bond donors (Lipinski definition) is 2. The van der Waals surface area contributed by atoms with Gasteiger partial charge in [0.05, 0.1) is 13.2 Å². The summed E-state index contributed by atoms with van der Waals surface area (Å²) in [7, 11) is 0. The van der Waals surface area contributed by atoms with E-state index in [1.165, 1.54) is 0 Å². The lowest BCUT2D eigenvalue weighted by Crippen LogP contribution is -2.27.